The molecule has 4 nitrogen and oxygen atoms in total. The quantitative estimate of drug-likeness (QED) is 0.436. The number of rotatable bonds is 8. The van der Waals surface area contributed by atoms with Crippen LogP contribution in [0.15, 0.2) is 53.5 Å². The number of fused-ring (bicyclic) bond motifs is 1. The molecule has 160 valence electrons. The van der Waals surface area contributed by atoms with Crippen LogP contribution in [0.2, 0.25) is 0 Å². The summed E-state index contributed by atoms with van der Waals surface area (Å²) in [5, 5.41) is 0. The lowest BCUT2D eigenvalue weighted by Gasteiger charge is -2.24. The molecule has 0 fully saturated rings. The van der Waals surface area contributed by atoms with E-state index in [9.17, 15) is 18.0 Å². The van der Waals surface area contributed by atoms with Crippen molar-refractivity contribution >= 4 is 11.3 Å². The van der Waals surface area contributed by atoms with Crippen molar-refractivity contribution in [3.05, 3.63) is 64.6 Å². The van der Waals surface area contributed by atoms with Crippen molar-refractivity contribution in [2.45, 2.75) is 45.7 Å². The first kappa shape index (κ1) is 21.9. The van der Waals surface area contributed by atoms with Crippen molar-refractivity contribution in [1.29, 1.82) is 0 Å². The number of pyridine rings is 1. The fourth-order valence-corrected chi connectivity index (χ4v) is 3.47. The first-order valence-electron chi connectivity index (χ1n) is 10.3. The van der Waals surface area contributed by atoms with E-state index in [4.69, 9.17) is 0 Å². The molecule has 7 heteroatoms. The van der Waals surface area contributed by atoms with E-state index in [0.717, 1.165) is 56.6 Å². The molecule has 0 spiro atoms. The Bertz CT molecular complexity index is 1060. The summed E-state index contributed by atoms with van der Waals surface area (Å²) >= 11 is 0. The third-order valence-electron chi connectivity index (χ3n) is 5.02. The topological polar surface area (TPSA) is 37.6 Å². The highest BCUT2D eigenvalue weighted by molar-refractivity contribution is 5.63. The number of aromatic nitrogens is 2. The van der Waals surface area contributed by atoms with Crippen LogP contribution in [0.4, 0.5) is 18.9 Å². The third-order valence-corrected chi connectivity index (χ3v) is 5.02. The molecule has 3 rings (SSSR count). The van der Waals surface area contributed by atoms with E-state index in [-0.39, 0.29) is 16.8 Å². The van der Waals surface area contributed by atoms with Crippen LogP contribution in [-0.2, 0) is 6.18 Å². The molecule has 0 aliphatic carbocycles. The smallest absolute Gasteiger partial charge is 0.370 e. The van der Waals surface area contributed by atoms with Gasteiger partial charge in [-0.25, -0.2) is 4.98 Å². The molecule has 0 N–H and O–H groups in total. The molecule has 0 aliphatic heterocycles. The molecule has 0 bridgehead atoms. The van der Waals surface area contributed by atoms with E-state index in [0.29, 0.717) is 5.65 Å². The van der Waals surface area contributed by atoms with Crippen LogP contribution in [0.5, 0.6) is 0 Å². The molecule has 2 heterocycles. The molecule has 3 aromatic rings. The number of hydrogen-bond donors (Lipinski definition) is 0. The monoisotopic (exact) mass is 417 g/mol. The van der Waals surface area contributed by atoms with Gasteiger partial charge in [-0.2, -0.15) is 13.2 Å². The second-order valence-corrected chi connectivity index (χ2v) is 7.37. The number of benzene rings is 1. The number of halogens is 3. The molecular formula is C23H26F3N3O. The van der Waals surface area contributed by atoms with Gasteiger partial charge < -0.3 is 4.90 Å². The normalized spacial score (nSPS) is 11.8. The van der Waals surface area contributed by atoms with Gasteiger partial charge >= 0.3 is 6.18 Å². The Morgan fingerprint density at radius 3 is 2.50 bits per heavy atom. The molecule has 0 unspecified atom stereocenters. The van der Waals surface area contributed by atoms with Gasteiger partial charge in [0, 0.05) is 30.9 Å². The summed E-state index contributed by atoms with van der Waals surface area (Å²) in [5.41, 5.74) is 0.756. The second kappa shape index (κ2) is 9.32. The fourth-order valence-electron chi connectivity index (χ4n) is 3.47. The largest absolute Gasteiger partial charge is 0.416 e. The van der Waals surface area contributed by atoms with Gasteiger partial charge in [-0.05, 0) is 37.1 Å². The SMILES string of the molecule is CCCCCN(CCC)c1ccc2nc(-c3cccc(C(F)(F)F)c3)cc(=O)n2c1. The second-order valence-electron chi connectivity index (χ2n) is 7.37. The van der Waals surface area contributed by atoms with Crippen LogP contribution in [0.3, 0.4) is 0 Å². The molecule has 1 aromatic carbocycles. The van der Waals surface area contributed by atoms with E-state index in [1.54, 1.807) is 12.3 Å². The minimum atomic E-state index is -4.45. The zero-order valence-electron chi connectivity index (χ0n) is 17.2. The average Bonchev–Trinajstić information content (AvgIpc) is 2.72. The van der Waals surface area contributed by atoms with Gasteiger partial charge in [0.15, 0.2) is 0 Å². The number of alkyl halides is 3. The number of anilines is 1. The Morgan fingerprint density at radius 2 is 1.80 bits per heavy atom. The van der Waals surface area contributed by atoms with Gasteiger partial charge in [0.05, 0.1) is 16.9 Å². The summed E-state index contributed by atoms with van der Waals surface area (Å²) < 4.78 is 40.5. The third kappa shape index (κ3) is 5.01. The van der Waals surface area contributed by atoms with Gasteiger partial charge in [0.1, 0.15) is 5.65 Å². The Kier molecular flexibility index (Phi) is 6.80. The maximum atomic E-state index is 13.0. The van der Waals surface area contributed by atoms with E-state index >= 15 is 0 Å². The molecule has 30 heavy (non-hydrogen) atoms. The highest BCUT2D eigenvalue weighted by atomic mass is 19.4. The Balaban J connectivity index is 1.98. The van der Waals surface area contributed by atoms with Crippen molar-refractivity contribution in [1.82, 2.24) is 9.38 Å². The summed E-state index contributed by atoms with van der Waals surface area (Å²) in [6.07, 6.45) is 1.68. The lowest BCUT2D eigenvalue weighted by molar-refractivity contribution is -0.137. The number of hydrogen-bond acceptors (Lipinski definition) is 3. The van der Waals surface area contributed by atoms with E-state index in [2.05, 4.69) is 23.7 Å². The fraction of sp³-hybridized carbons (Fsp3) is 0.391. The van der Waals surface area contributed by atoms with Crippen LogP contribution >= 0.6 is 0 Å². The summed E-state index contributed by atoms with van der Waals surface area (Å²) in [6, 6.07) is 9.82. The highest BCUT2D eigenvalue weighted by Gasteiger charge is 2.30. The van der Waals surface area contributed by atoms with Gasteiger partial charge in [-0.3, -0.25) is 9.20 Å². The predicted octanol–water partition coefficient (Wildman–Crippen LogP) is 5.79. The van der Waals surface area contributed by atoms with Gasteiger partial charge in [-0.1, -0.05) is 38.8 Å². The average molecular weight is 417 g/mol. The summed E-state index contributed by atoms with van der Waals surface area (Å²) in [5.74, 6) is 0. The summed E-state index contributed by atoms with van der Waals surface area (Å²) in [4.78, 5) is 19.4. The Hall–Kier alpha value is -2.83. The first-order chi connectivity index (χ1) is 14.3. The van der Waals surface area contributed by atoms with Crippen LogP contribution in [0, 0.1) is 0 Å². The molecule has 0 radical (unpaired) electrons. The van der Waals surface area contributed by atoms with Gasteiger partial charge in [0.25, 0.3) is 5.56 Å². The molecule has 0 atom stereocenters. The van der Waals surface area contributed by atoms with Crippen molar-refractivity contribution in [2.24, 2.45) is 0 Å². The van der Waals surface area contributed by atoms with E-state index in [1.165, 1.54) is 22.6 Å². The molecule has 0 aliphatic rings. The number of unbranched alkanes of at least 4 members (excludes halogenated alkanes) is 2. The molecule has 0 amide bonds. The maximum Gasteiger partial charge on any atom is 0.416 e. The van der Waals surface area contributed by atoms with Crippen LogP contribution < -0.4 is 10.5 Å². The highest BCUT2D eigenvalue weighted by Crippen LogP contribution is 2.31. The first-order valence-corrected chi connectivity index (χ1v) is 10.3. The van der Waals surface area contributed by atoms with Crippen molar-refractivity contribution in [3.8, 4) is 11.3 Å². The van der Waals surface area contributed by atoms with E-state index < -0.39 is 11.7 Å². The zero-order valence-corrected chi connectivity index (χ0v) is 17.2. The maximum absolute atomic E-state index is 13.0. The van der Waals surface area contributed by atoms with Crippen LogP contribution in [0.25, 0.3) is 16.9 Å². The number of nitrogens with zero attached hydrogens (tertiary/aromatic N) is 3. The minimum Gasteiger partial charge on any atom is -0.370 e. The Labute approximate surface area is 174 Å². The van der Waals surface area contributed by atoms with Crippen molar-refractivity contribution in [2.75, 3.05) is 18.0 Å². The van der Waals surface area contributed by atoms with Gasteiger partial charge in [-0.15, -0.1) is 0 Å². The molecule has 2 aromatic heterocycles. The Morgan fingerprint density at radius 1 is 1.00 bits per heavy atom. The van der Waals surface area contributed by atoms with Crippen molar-refractivity contribution in [3.63, 3.8) is 0 Å². The molecule has 0 saturated carbocycles. The van der Waals surface area contributed by atoms with Crippen LogP contribution in [0.1, 0.15) is 45.1 Å². The molecular weight excluding hydrogens is 391 g/mol. The summed E-state index contributed by atoms with van der Waals surface area (Å²) in [6.45, 7) is 6.08. The van der Waals surface area contributed by atoms with Crippen molar-refractivity contribution < 1.29 is 13.2 Å². The standard InChI is InChI=1S/C23H26F3N3O/c1-3-5-6-13-28(12-4-2)19-10-11-21-27-20(15-22(30)29(21)16-19)17-8-7-9-18(14-17)23(24,25)26/h7-11,14-16H,3-6,12-13H2,1-2H3. The zero-order chi connectivity index (χ0) is 21.7. The molecule has 0 saturated heterocycles. The van der Waals surface area contributed by atoms with Crippen LogP contribution in [-0.4, -0.2) is 22.5 Å². The minimum absolute atomic E-state index is 0.229. The lowest BCUT2D eigenvalue weighted by Crippen LogP contribution is -2.26. The van der Waals surface area contributed by atoms with Gasteiger partial charge in [0.2, 0.25) is 0 Å². The van der Waals surface area contributed by atoms with E-state index in [1.807, 2.05) is 6.07 Å². The predicted molar refractivity (Wildman–Crippen MR) is 114 cm³/mol. The lowest BCUT2D eigenvalue weighted by atomic mass is 10.1. The summed E-state index contributed by atoms with van der Waals surface area (Å²) in [7, 11) is 0.